The number of pyridine rings is 1. The summed E-state index contributed by atoms with van der Waals surface area (Å²) in [6.07, 6.45) is 5.54. The summed E-state index contributed by atoms with van der Waals surface area (Å²) in [5, 5.41) is 4.40. The van der Waals surface area contributed by atoms with Gasteiger partial charge in [0.15, 0.2) is 0 Å². The normalized spacial score (nSPS) is 12.7. The third-order valence-corrected chi connectivity index (χ3v) is 3.54. The van der Waals surface area contributed by atoms with Gasteiger partial charge < -0.3 is 9.73 Å². The van der Waals surface area contributed by atoms with Crippen LogP contribution in [0, 0.1) is 5.82 Å². The van der Waals surface area contributed by atoms with Crippen molar-refractivity contribution in [3.8, 4) is 0 Å². The molecule has 0 saturated carbocycles. The quantitative estimate of drug-likeness (QED) is 0.768. The molecule has 2 aromatic heterocycles. The first-order valence-electron chi connectivity index (χ1n) is 7.10. The molecule has 0 amide bonds. The van der Waals surface area contributed by atoms with E-state index < -0.39 is 0 Å². The maximum atomic E-state index is 14.1. The van der Waals surface area contributed by atoms with E-state index in [9.17, 15) is 4.39 Å². The fourth-order valence-electron chi connectivity index (χ4n) is 2.52. The Labute approximate surface area is 122 Å². The van der Waals surface area contributed by atoms with Crippen LogP contribution in [0.4, 0.5) is 4.39 Å². The molecule has 21 heavy (non-hydrogen) atoms. The third-order valence-electron chi connectivity index (χ3n) is 3.54. The average molecular weight is 284 g/mol. The Kier molecular flexibility index (Phi) is 3.97. The number of furan rings is 1. The molecule has 1 unspecified atom stereocenters. The molecule has 108 valence electrons. The number of nitrogens with zero attached hydrogens (tertiary/aromatic N) is 1. The lowest BCUT2D eigenvalue weighted by Crippen LogP contribution is -2.24. The van der Waals surface area contributed by atoms with Gasteiger partial charge in [-0.3, -0.25) is 4.98 Å². The Morgan fingerprint density at radius 2 is 2.10 bits per heavy atom. The monoisotopic (exact) mass is 284 g/mol. The van der Waals surface area contributed by atoms with E-state index in [1.54, 1.807) is 18.5 Å². The third kappa shape index (κ3) is 2.67. The maximum absolute atomic E-state index is 14.1. The number of benzene rings is 1. The van der Waals surface area contributed by atoms with Gasteiger partial charge in [0.1, 0.15) is 11.4 Å². The van der Waals surface area contributed by atoms with E-state index in [0.717, 1.165) is 29.5 Å². The molecular formula is C17H17FN2O. The lowest BCUT2D eigenvalue weighted by molar-refractivity contribution is 0.535. The van der Waals surface area contributed by atoms with Crippen molar-refractivity contribution in [1.29, 1.82) is 0 Å². The lowest BCUT2D eigenvalue weighted by atomic mass is 9.98. The molecule has 0 fully saturated rings. The molecule has 0 saturated heterocycles. The summed E-state index contributed by atoms with van der Waals surface area (Å²) in [7, 11) is 0. The SMILES string of the molecule is CCCNC(c1ccncc1F)c1coc2ccccc12. The Hall–Kier alpha value is -2.20. The highest BCUT2D eigenvalue weighted by Gasteiger charge is 2.21. The predicted molar refractivity (Wildman–Crippen MR) is 80.5 cm³/mol. The minimum Gasteiger partial charge on any atom is -0.464 e. The van der Waals surface area contributed by atoms with Gasteiger partial charge in [-0.2, -0.15) is 0 Å². The summed E-state index contributed by atoms with van der Waals surface area (Å²) in [6.45, 7) is 2.88. The number of hydrogen-bond acceptors (Lipinski definition) is 3. The summed E-state index contributed by atoms with van der Waals surface area (Å²) in [4.78, 5) is 3.83. The first kappa shape index (κ1) is 13.8. The van der Waals surface area contributed by atoms with Gasteiger partial charge in [0.2, 0.25) is 0 Å². The molecule has 0 radical (unpaired) electrons. The molecule has 0 aliphatic heterocycles. The minimum absolute atomic E-state index is 0.239. The van der Waals surface area contributed by atoms with Crippen LogP contribution in [0.15, 0.2) is 53.4 Å². The van der Waals surface area contributed by atoms with E-state index in [2.05, 4.69) is 17.2 Å². The molecule has 2 heterocycles. The van der Waals surface area contributed by atoms with E-state index >= 15 is 0 Å². The van der Waals surface area contributed by atoms with Gasteiger partial charge in [0.25, 0.3) is 0 Å². The van der Waals surface area contributed by atoms with E-state index in [0.29, 0.717) is 5.56 Å². The zero-order chi connectivity index (χ0) is 14.7. The zero-order valence-corrected chi connectivity index (χ0v) is 11.8. The largest absolute Gasteiger partial charge is 0.464 e. The van der Waals surface area contributed by atoms with Crippen molar-refractivity contribution in [3.63, 3.8) is 0 Å². The second-order valence-corrected chi connectivity index (χ2v) is 4.97. The first-order valence-corrected chi connectivity index (χ1v) is 7.10. The number of rotatable bonds is 5. The van der Waals surface area contributed by atoms with Crippen molar-refractivity contribution in [2.75, 3.05) is 6.54 Å². The topological polar surface area (TPSA) is 38.1 Å². The van der Waals surface area contributed by atoms with Crippen molar-refractivity contribution < 1.29 is 8.81 Å². The Bertz CT molecular complexity index is 738. The second kappa shape index (κ2) is 6.06. The molecule has 1 atom stereocenters. The number of hydrogen-bond donors (Lipinski definition) is 1. The highest BCUT2D eigenvalue weighted by molar-refractivity contribution is 5.81. The number of fused-ring (bicyclic) bond motifs is 1. The van der Waals surface area contributed by atoms with E-state index in [1.165, 1.54) is 6.20 Å². The van der Waals surface area contributed by atoms with E-state index in [4.69, 9.17) is 4.42 Å². The molecule has 0 spiro atoms. The molecule has 0 aliphatic carbocycles. The van der Waals surface area contributed by atoms with Gasteiger partial charge in [-0.15, -0.1) is 0 Å². The smallest absolute Gasteiger partial charge is 0.146 e. The van der Waals surface area contributed by atoms with Gasteiger partial charge in [-0.1, -0.05) is 25.1 Å². The second-order valence-electron chi connectivity index (χ2n) is 4.97. The Morgan fingerprint density at radius 3 is 2.90 bits per heavy atom. The minimum atomic E-state index is -0.309. The van der Waals surface area contributed by atoms with Gasteiger partial charge in [0.05, 0.1) is 18.5 Å². The van der Waals surface area contributed by atoms with Crippen LogP contribution in [0.2, 0.25) is 0 Å². The van der Waals surface area contributed by atoms with Crippen molar-refractivity contribution in [2.45, 2.75) is 19.4 Å². The van der Waals surface area contributed by atoms with Crippen LogP contribution >= 0.6 is 0 Å². The lowest BCUT2D eigenvalue weighted by Gasteiger charge is -2.18. The summed E-state index contributed by atoms with van der Waals surface area (Å²) >= 11 is 0. The number of para-hydroxylation sites is 1. The fraction of sp³-hybridized carbons (Fsp3) is 0.235. The maximum Gasteiger partial charge on any atom is 0.146 e. The van der Waals surface area contributed by atoms with Crippen LogP contribution in [0.1, 0.15) is 30.5 Å². The molecule has 0 aliphatic rings. The standard InChI is InChI=1S/C17H17FN2O/c1-2-8-20-17(13-7-9-19-10-15(13)18)14-11-21-16-6-4-3-5-12(14)16/h3-7,9-11,17,20H,2,8H2,1H3. The molecular weight excluding hydrogens is 267 g/mol. The highest BCUT2D eigenvalue weighted by atomic mass is 19.1. The van der Waals surface area contributed by atoms with Gasteiger partial charge in [0, 0.05) is 22.7 Å². The number of halogens is 1. The van der Waals surface area contributed by atoms with Crippen molar-refractivity contribution in [3.05, 3.63) is 65.9 Å². The van der Waals surface area contributed by atoms with Crippen LogP contribution in [0.3, 0.4) is 0 Å². The van der Waals surface area contributed by atoms with E-state index in [1.807, 2.05) is 24.3 Å². The summed E-state index contributed by atoms with van der Waals surface area (Å²) in [5.41, 5.74) is 2.35. The molecule has 1 aromatic carbocycles. The first-order chi connectivity index (χ1) is 10.3. The Balaban J connectivity index is 2.09. The van der Waals surface area contributed by atoms with Gasteiger partial charge in [-0.25, -0.2) is 4.39 Å². The van der Waals surface area contributed by atoms with Crippen LogP contribution < -0.4 is 5.32 Å². The zero-order valence-electron chi connectivity index (χ0n) is 11.8. The van der Waals surface area contributed by atoms with Crippen molar-refractivity contribution in [2.24, 2.45) is 0 Å². The van der Waals surface area contributed by atoms with Gasteiger partial charge in [-0.05, 0) is 25.1 Å². The molecule has 1 N–H and O–H groups in total. The highest BCUT2D eigenvalue weighted by Crippen LogP contribution is 2.31. The van der Waals surface area contributed by atoms with Crippen molar-refractivity contribution in [1.82, 2.24) is 10.3 Å². The van der Waals surface area contributed by atoms with Crippen LogP contribution in [0.5, 0.6) is 0 Å². The molecule has 4 heteroatoms. The van der Waals surface area contributed by atoms with Crippen molar-refractivity contribution >= 4 is 11.0 Å². The van der Waals surface area contributed by atoms with Crippen LogP contribution in [-0.4, -0.2) is 11.5 Å². The molecule has 3 nitrogen and oxygen atoms in total. The summed E-state index contributed by atoms with van der Waals surface area (Å²) < 4.78 is 19.7. The molecule has 0 bridgehead atoms. The average Bonchev–Trinajstić information content (AvgIpc) is 2.93. The summed E-state index contributed by atoms with van der Waals surface area (Å²) in [6, 6.07) is 9.27. The Morgan fingerprint density at radius 1 is 1.24 bits per heavy atom. The van der Waals surface area contributed by atoms with E-state index in [-0.39, 0.29) is 11.9 Å². The predicted octanol–water partition coefficient (Wildman–Crippen LogP) is 4.06. The van der Waals surface area contributed by atoms with Crippen LogP contribution in [0.25, 0.3) is 11.0 Å². The van der Waals surface area contributed by atoms with Gasteiger partial charge >= 0.3 is 0 Å². The van der Waals surface area contributed by atoms with Crippen LogP contribution in [-0.2, 0) is 0 Å². The molecule has 3 aromatic rings. The molecule has 3 rings (SSSR count). The number of nitrogens with one attached hydrogen (secondary N) is 1. The number of aromatic nitrogens is 1. The summed E-state index contributed by atoms with van der Waals surface area (Å²) in [5.74, 6) is -0.309. The fourth-order valence-corrected chi connectivity index (χ4v) is 2.52.